The van der Waals surface area contributed by atoms with Crippen molar-refractivity contribution in [3.8, 4) is 0 Å². The highest BCUT2D eigenvalue weighted by Gasteiger charge is 2.35. The van der Waals surface area contributed by atoms with Gasteiger partial charge in [-0.1, -0.05) is 0 Å². The molecule has 2 amide bonds. The van der Waals surface area contributed by atoms with E-state index in [4.69, 9.17) is 9.47 Å². The molecule has 2 saturated heterocycles. The van der Waals surface area contributed by atoms with Crippen molar-refractivity contribution in [3.63, 3.8) is 0 Å². The number of likely N-dealkylation sites (tertiary alicyclic amines) is 1. The van der Waals surface area contributed by atoms with Gasteiger partial charge >= 0.3 is 0 Å². The standard InChI is InChI=1S/C22H28FN3O4S/c1-14(27)26-6-2-15(3-7-26)12-30-16-10-18(23)21-19(11-16)24-20(25-22(21)28)13-31-17-4-8-29-9-5-17/h10-11,15,17,21H,2-9,12-13H2,1H3. The van der Waals surface area contributed by atoms with E-state index in [1.807, 2.05) is 4.90 Å². The lowest BCUT2D eigenvalue weighted by Gasteiger charge is -2.31. The molecule has 1 aliphatic carbocycles. The van der Waals surface area contributed by atoms with Gasteiger partial charge in [-0.05, 0) is 31.6 Å². The number of aliphatic imine (C=N–C) groups is 2. The second kappa shape index (κ2) is 10.1. The number of hydrogen-bond donors (Lipinski definition) is 0. The van der Waals surface area contributed by atoms with Crippen LogP contribution < -0.4 is 0 Å². The number of halogens is 1. The van der Waals surface area contributed by atoms with Crippen molar-refractivity contribution in [1.82, 2.24) is 4.90 Å². The first-order valence-electron chi connectivity index (χ1n) is 10.9. The Bertz CT molecular complexity index is 840. The summed E-state index contributed by atoms with van der Waals surface area (Å²) in [5, 5.41) is 0.469. The number of nitrogens with zero attached hydrogens (tertiary/aromatic N) is 3. The highest BCUT2D eigenvalue weighted by atomic mass is 32.2. The summed E-state index contributed by atoms with van der Waals surface area (Å²) >= 11 is 1.72. The van der Waals surface area contributed by atoms with E-state index in [-0.39, 0.29) is 5.91 Å². The maximum absolute atomic E-state index is 14.6. The number of amides is 2. The summed E-state index contributed by atoms with van der Waals surface area (Å²) in [6.07, 6.45) is 6.60. The van der Waals surface area contributed by atoms with Crippen LogP contribution in [0.4, 0.5) is 4.39 Å². The first-order valence-corrected chi connectivity index (χ1v) is 11.9. The van der Waals surface area contributed by atoms with Gasteiger partial charge in [0, 0.05) is 50.6 Å². The van der Waals surface area contributed by atoms with E-state index >= 15 is 0 Å². The van der Waals surface area contributed by atoms with Crippen molar-refractivity contribution in [2.45, 2.75) is 37.9 Å². The number of fused-ring (bicyclic) bond motifs is 1. The third kappa shape index (κ3) is 5.63. The molecule has 0 aromatic heterocycles. The van der Waals surface area contributed by atoms with Gasteiger partial charge < -0.3 is 14.4 Å². The van der Waals surface area contributed by atoms with E-state index < -0.39 is 17.7 Å². The molecule has 1 atom stereocenters. The Balaban J connectivity index is 1.35. The number of ether oxygens (including phenoxy) is 2. The SMILES string of the molecule is CC(=O)N1CCC(COC2=CC3=NC(CSC4CCOCC4)=NC(=O)C3C(F)=C2)CC1. The van der Waals surface area contributed by atoms with E-state index in [0.717, 1.165) is 52.0 Å². The lowest BCUT2D eigenvalue weighted by Crippen LogP contribution is -2.38. The molecule has 7 nitrogen and oxygen atoms in total. The highest BCUT2D eigenvalue weighted by Crippen LogP contribution is 2.30. The summed E-state index contributed by atoms with van der Waals surface area (Å²) in [7, 11) is 0. The average molecular weight is 450 g/mol. The minimum absolute atomic E-state index is 0.0952. The van der Waals surface area contributed by atoms with Crippen LogP contribution in [0.5, 0.6) is 0 Å². The minimum Gasteiger partial charge on any atom is -0.493 e. The number of amidine groups is 1. The monoisotopic (exact) mass is 449 g/mol. The van der Waals surface area contributed by atoms with Crippen LogP contribution in [0.25, 0.3) is 0 Å². The molecule has 31 heavy (non-hydrogen) atoms. The van der Waals surface area contributed by atoms with Gasteiger partial charge in [0.05, 0.1) is 18.1 Å². The second-order valence-corrected chi connectivity index (χ2v) is 9.58. The molecule has 1 unspecified atom stereocenters. The molecule has 0 N–H and O–H groups in total. The van der Waals surface area contributed by atoms with Gasteiger partial charge in [0.2, 0.25) is 5.91 Å². The molecule has 0 aromatic rings. The Labute approximate surface area is 185 Å². The molecule has 3 aliphatic heterocycles. The number of rotatable bonds is 6. The van der Waals surface area contributed by atoms with Crippen LogP contribution >= 0.6 is 11.8 Å². The van der Waals surface area contributed by atoms with E-state index in [1.165, 1.54) is 6.08 Å². The lowest BCUT2D eigenvalue weighted by molar-refractivity contribution is -0.130. The van der Waals surface area contributed by atoms with E-state index in [0.29, 0.717) is 40.8 Å². The Morgan fingerprint density at radius 3 is 2.68 bits per heavy atom. The summed E-state index contributed by atoms with van der Waals surface area (Å²) in [4.78, 5) is 34.2. The Morgan fingerprint density at radius 2 is 1.97 bits per heavy atom. The summed E-state index contributed by atoms with van der Waals surface area (Å²) in [5.74, 6) is -0.381. The maximum Gasteiger partial charge on any atom is 0.263 e. The Hall–Kier alpha value is -2.00. The minimum atomic E-state index is -1.05. The van der Waals surface area contributed by atoms with Crippen LogP contribution in [-0.4, -0.2) is 72.2 Å². The first kappa shape index (κ1) is 22.2. The number of thioether (sulfide) groups is 1. The van der Waals surface area contributed by atoms with Crippen molar-refractivity contribution in [2.24, 2.45) is 21.8 Å². The van der Waals surface area contributed by atoms with Crippen molar-refractivity contribution in [1.29, 1.82) is 0 Å². The fourth-order valence-corrected chi connectivity index (χ4v) is 5.19. The number of carbonyl (C=O) groups is 2. The van der Waals surface area contributed by atoms with E-state index in [1.54, 1.807) is 24.8 Å². The molecule has 4 rings (SSSR count). The third-order valence-electron chi connectivity index (χ3n) is 6.05. The number of piperidine rings is 1. The molecular formula is C22H28FN3O4S. The molecule has 2 fully saturated rings. The summed E-state index contributed by atoms with van der Waals surface area (Å²) in [6, 6.07) is 0. The van der Waals surface area contributed by atoms with Gasteiger partial charge in [-0.15, -0.1) is 0 Å². The molecule has 0 bridgehead atoms. The van der Waals surface area contributed by atoms with E-state index in [2.05, 4.69) is 9.98 Å². The lowest BCUT2D eigenvalue weighted by atomic mass is 9.94. The van der Waals surface area contributed by atoms with Gasteiger partial charge in [0.25, 0.3) is 5.91 Å². The molecule has 0 saturated carbocycles. The topological polar surface area (TPSA) is 80.6 Å². The van der Waals surface area contributed by atoms with Crippen LogP contribution in [0.3, 0.4) is 0 Å². The molecule has 0 spiro atoms. The predicted octanol–water partition coefficient (Wildman–Crippen LogP) is 2.92. The molecule has 9 heteroatoms. The number of allylic oxidation sites excluding steroid dienone is 2. The third-order valence-corrected chi connectivity index (χ3v) is 7.42. The zero-order valence-corrected chi connectivity index (χ0v) is 18.5. The van der Waals surface area contributed by atoms with Gasteiger partial charge in [-0.2, -0.15) is 16.8 Å². The van der Waals surface area contributed by atoms with Crippen molar-refractivity contribution < 1.29 is 23.5 Å². The van der Waals surface area contributed by atoms with Crippen LogP contribution in [0, 0.1) is 11.8 Å². The summed E-state index contributed by atoms with van der Waals surface area (Å²) < 4.78 is 25.9. The van der Waals surface area contributed by atoms with Crippen LogP contribution in [-0.2, 0) is 19.1 Å². The fourth-order valence-electron chi connectivity index (χ4n) is 4.15. The largest absolute Gasteiger partial charge is 0.493 e. The quantitative estimate of drug-likeness (QED) is 0.623. The van der Waals surface area contributed by atoms with Gasteiger partial charge in [-0.3, -0.25) is 9.59 Å². The Morgan fingerprint density at radius 1 is 1.23 bits per heavy atom. The maximum atomic E-state index is 14.6. The van der Waals surface area contributed by atoms with Crippen LogP contribution in [0.15, 0.2) is 33.7 Å². The van der Waals surface area contributed by atoms with Gasteiger partial charge in [0.1, 0.15) is 23.3 Å². The molecule has 4 aliphatic rings. The van der Waals surface area contributed by atoms with Gasteiger partial charge in [0.15, 0.2) is 0 Å². The first-order chi connectivity index (χ1) is 15.0. The zero-order chi connectivity index (χ0) is 21.8. The number of carbonyl (C=O) groups excluding carboxylic acids is 2. The summed E-state index contributed by atoms with van der Waals surface area (Å²) in [6.45, 7) is 4.99. The molecule has 3 heterocycles. The molecule has 0 radical (unpaired) electrons. The highest BCUT2D eigenvalue weighted by molar-refractivity contribution is 8.00. The molecule has 0 aromatic carbocycles. The average Bonchev–Trinajstić information content (AvgIpc) is 2.77. The van der Waals surface area contributed by atoms with Crippen LogP contribution in [0.2, 0.25) is 0 Å². The van der Waals surface area contributed by atoms with Crippen molar-refractivity contribution in [3.05, 3.63) is 23.7 Å². The summed E-state index contributed by atoms with van der Waals surface area (Å²) in [5.41, 5.74) is 0.365. The van der Waals surface area contributed by atoms with Crippen LogP contribution in [0.1, 0.15) is 32.6 Å². The molecular weight excluding hydrogens is 421 g/mol. The molecule has 168 valence electrons. The van der Waals surface area contributed by atoms with Crippen molar-refractivity contribution >= 4 is 35.1 Å². The fraction of sp³-hybridized carbons (Fsp3) is 0.636. The number of hydrogen-bond acceptors (Lipinski definition) is 6. The second-order valence-electron chi connectivity index (χ2n) is 8.30. The smallest absolute Gasteiger partial charge is 0.263 e. The normalized spacial score (nSPS) is 25.3. The van der Waals surface area contributed by atoms with Gasteiger partial charge in [-0.25, -0.2) is 9.38 Å². The zero-order valence-electron chi connectivity index (χ0n) is 17.7. The van der Waals surface area contributed by atoms with E-state index in [9.17, 15) is 14.0 Å². The Kier molecular flexibility index (Phi) is 7.22. The van der Waals surface area contributed by atoms with Crippen molar-refractivity contribution in [2.75, 3.05) is 38.7 Å². The predicted molar refractivity (Wildman–Crippen MR) is 118 cm³/mol.